The molecule has 0 rings (SSSR count). The molecule has 0 aliphatic rings. The van der Waals surface area contributed by atoms with E-state index in [1.807, 2.05) is 27.2 Å². The number of carbonyl (C=O) groups is 1. The average Bonchev–Trinajstić information content (AvgIpc) is 3.20. The summed E-state index contributed by atoms with van der Waals surface area (Å²) in [5.74, 6) is -0.172. The zero-order valence-corrected chi connectivity index (χ0v) is 41.6. The maximum atomic E-state index is 12.9. The number of phosphoric acid groups is 1. The monoisotopic (exact) mass is 872 g/mol. The molecule has 0 aromatic heterocycles. The number of nitrogens with zero attached hydrogens (tertiary/aromatic N) is 1. The Morgan fingerprint density at radius 1 is 0.550 bits per heavy atom. The van der Waals surface area contributed by atoms with E-state index in [1.54, 1.807) is 6.08 Å². The molecule has 60 heavy (non-hydrogen) atoms. The second-order valence-corrected chi connectivity index (χ2v) is 20.7. The zero-order chi connectivity index (χ0) is 44.3. The van der Waals surface area contributed by atoms with Crippen LogP contribution < -0.4 is 5.32 Å². The van der Waals surface area contributed by atoms with Crippen LogP contribution in [-0.2, 0) is 18.4 Å². The molecule has 0 aliphatic carbocycles. The van der Waals surface area contributed by atoms with Crippen LogP contribution in [0.1, 0.15) is 258 Å². The molecule has 1 amide bonds. The van der Waals surface area contributed by atoms with E-state index < -0.39 is 20.0 Å². The van der Waals surface area contributed by atoms with Crippen LogP contribution in [-0.4, -0.2) is 73.4 Å². The molecule has 9 heteroatoms. The van der Waals surface area contributed by atoms with E-state index in [-0.39, 0.29) is 19.1 Å². The second kappa shape index (κ2) is 43.5. The quantitative estimate of drug-likeness (QED) is 0.0243. The number of phosphoric ester groups is 1. The summed E-state index contributed by atoms with van der Waals surface area (Å²) in [5.41, 5.74) is 0. The summed E-state index contributed by atoms with van der Waals surface area (Å²) in [6.45, 7) is 4.85. The highest BCUT2D eigenvalue weighted by atomic mass is 31.2. The van der Waals surface area contributed by atoms with Crippen molar-refractivity contribution >= 4 is 13.7 Å². The van der Waals surface area contributed by atoms with Gasteiger partial charge in [0.2, 0.25) is 5.91 Å². The first-order chi connectivity index (χ1) is 29.0. The van der Waals surface area contributed by atoms with Crippen LogP contribution >= 0.6 is 7.82 Å². The van der Waals surface area contributed by atoms with Gasteiger partial charge >= 0.3 is 7.82 Å². The summed E-state index contributed by atoms with van der Waals surface area (Å²) in [7, 11) is 1.59. The van der Waals surface area contributed by atoms with Crippen molar-refractivity contribution in [2.24, 2.45) is 0 Å². The van der Waals surface area contributed by atoms with Crippen LogP contribution in [0.25, 0.3) is 0 Å². The Labute approximate surface area is 373 Å². The van der Waals surface area contributed by atoms with Crippen LogP contribution in [0.3, 0.4) is 0 Å². The molecular weight excluding hydrogens is 768 g/mol. The van der Waals surface area contributed by atoms with Crippen molar-refractivity contribution in [2.45, 2.75) is 270 Å². The topological polar surface area (TPSA) is 105 Å². The van der Waals surface area contributed by atoms with Crippen molar-refractivity contribution in [1.29, 1.82) is 0 Å². The molecule has 0 aliphatic heterocycles. The van der Waals surface area contributed by atoms with Gasteiger partial charge in [0.25, 0.3) is 0 Å². The predicted octanol–water partition coefficient (Wildman–Crippen LogP) is 15.1. The van der Waals surface area contributed by atoms with Gasteiger partial charge in [-0.1, -0.05) is 244 Å². The van der Waals surface area contributed by atoms with Crippen molar-refractivity contribution in [3.05, 3.63) is 12.2 Å². The Kier molecular flexibility index (Phi) is 42.9. The number of allylic oxidation sites excluding steroid dienone is 1. The molecule has 0 radical (unpaired) electrons. The largest absolute Gasteiger partial charge is 0.472 e. The van der Waals surface area contributed by atoms with Crippen LogP contribution in [0, 0.1) is 0 Å². The summed E-state index contributed by atoms with van der Waals surface area (Å²) in [6, 6.07) is -0.840. The molecule has 0 spiro atoms. The SMILES string of the molecule is CCCCCCCCCCCCCCC/C=C/C(O)C(COP(=O)(O)OCC[N+](C)(C)C)NC(=O)CCCCCCCCCCCCCCCCCCCCCCCCC. The Hall–Kier alpha value is -0.760. The Balaban J connectivity index is 4.21. The highest BCUT2D eigenvalue weighted by Gasteiger charge is 2.27. The lowest BCUT2D eigenvalue weighted by molar-refractivity contribution is -0.870. The van der Waals surface area contributed by atoms with Gasteiger partial charge in [0.1, 0.15) is 13.2 Å². The van der Waals surface area contributed by atoms with E-state index in [0.717, 1.165) is 32.1 Å². The molecule has 0 saturated heterocycles. The summed E-state index contributed by atoms with van der Waals surface area (Å²) >= 11 is 0. The number of aliphatic hydroxyl groups excluding tert-OH is 1. The Morgan fingerprint density at radius 2 is 0.883 bits per heavy atom. The number of hydrogen-bond donors (Lipinski definition) is 3. The number of quaternary nitrogens is 1. The average molecular weight is 872 g/mol. The van der Waals surface area contributed by atoms with E-state index in [2.05, 4.69) is 19.2 Å². The molecule has 3 N–H and O–H groups in total. The van der Waals surface area contributed by atoms with E-state index in [4.69, 9.17) is 9.05 Å². The molecule has 0 bridgehead atoms. The fraction of sp³-hybridized carbons (Fsp3) is 0.941. The third kappa shape index (κ3) is 45.3. The zero-order valence-electron chi connectivity index (χ0n) is 40.7. The highest BCUT2D eigenvalue weighted by Crippen LogP contribution is 2.43. The van der Waals surface area contributed by atoms with Crippen molar-refractivity contribution in [3.63, 3.8) is 0 Å². The molecule has 0 aromatic rings. The Morgan fingerprint density at radius 3 is 1.23 bits per heavy atom. The van der Waals surface area contributed by atoms with Crippen LogP contribution in [0.5, 0.6) is 0 Å². The molecule has 8 nitrogen and oxygen atoms in total. The molecule has 0 heterocycles. The first kappa shape index (κ1) is 59.2. The molecule has 3 unspecified atom stereocenters. The third-order valence-corrected chi connectivity index (χ3v) is 13.0. The predicted molar refractivity (Wildman–Crippen MR) is 259 cm³/mol. The summed E-state index contributed by atoms with van der Waals surface area (Å²) in [4.78, 5) is 23.2. The number of rotatable bonds is 48. The maximum absolute atomic E-state index is 12.9. The van der Waals surface area contributed by atoms with Gasteiger partial charge in [-0.3, -0.25) is 13.8 Å². The minimum atomic E-state index is -4.34. The lowest BCUT2D eigenvalue weighted by Crippen LogP contribution is -2.45. The van der Waals surface area contributed by atoms with E-state index in [1.165, 1.54) is 205 Å². The van der Waals surface area contributed by atoms with E-state index >= 15 is 0 Å². The number of aliphatic hydroxyl groups is 1. The summed E-state index contributed by atoms with van der Waals surface area (Å²) in [5, 5.41) is 13.9. The second-order valence-electron chi connectivity index (χ2n) is 19.3. The molecular formula is C51H104N2O6P+. The van der Waals surface area contributed by atoms with Gasteiger partial charge in [-0.25, -0.2) is 4.57 Å². The minimum Gasteiger partial charge on any atom is -0.387 e. The number of carbonyl (C=O) groups excluding carboxylic acids is 1. The first-order valence-corrected chi connectivity index (χ1v) is 27.6. The smallest absolute Gasteiger partial charge is 0.387 e. The van der Waals surface area contributed by atoms with Gasteiger partial charge in [0, 0.05) is 6.42 Å². The van der Waals surface area contributed by atoms with Gasteiger partial charge in [-0.2, -0.15) is 0 Å². The molecule has 0 saturated carbocycles. The van der Waals surface area contributed by atoms with E-state index in [0.29, 0.717) is 17.4 Å². The van der Waals surface area contributed by atoms with Crippen molar-refractivity contribution < 1.29 is 32.9 Å². The molecule has 3 atom stereocenters. The van der Waals surface area contributed by atoms with Crippen molar-refractivity contribution in [1.82, 2.24) is 5.32 Å². The van der Waals surface area contributed by atoms with E-state index in [9.17, 15) is 19.4 Å². The van der Waals surface area contributed by atoms with Crippen molar-refractivity contribution in [3.8, 4) is 0 Å². The van der Waals surface area contributed by atoms with Crippen LogP contribution in [0.15, 0.2) is 12.2 Å². The lowest BCUT2D eigenvalue weighted by Gasteiger charge is -2.25. The fourth-order valence-electron chi connectivity index (χ4n) is 7.87. The lowest BCUT2D eigenvalue weighted by atomic mass is 10.0. The maximum Gasteiger partial charge on any atom is 0.472 e. The highest BCUT2D eigenvalue weighted by molar-refractivity contribution is 7.47. The van der Waals surface area contributed by atoms with Gasteiger partial charge in [-0.05, 0) is 19.3 Å². The molecule has 358 valence electrons. The first-order valence-electron chi connectivity index (χ1n) is 26.1. The number of nitrogens with one attached hydrogen (secondary N) is 1. The summed E-state index contributed by atoms with van der Waals surface area (Å²) in [6.07, 6.45) is 51.5. The van der Waals surface area contributed by atoms with Crippen LogP contribution in [0.2, 0.25) is 0 Å². The number of likely N-dealkylation sites (N-methyl/N-ethyl adjacent to an activating group) is 1. The normalized spacial score (nSPS) is 14.2. The standard InChI is InChI=1S/C51H103N2O6P/c1-6-8-10-12-14-16-18-20-22-23-24-25-26-27-28-29-31-33-35-37-39-41-43-45-51(55)52-49(48-59-60(56,57)58-47-46-53(3,4)5)50(54)44-42-40-38-36-34-32-30-21-19-17-15-13-11-9-7-2/h42,44,49-50,54H,6-41,43,45-48H2,1-5H3,(H-,52,55,56,57)/p+1/b44-42+. The minimum absolute atomic E-state index is 0.0649. The molecule has 0 fully saturated rings. The van der Waals surface area contributed by atoms with Gasteiger partial charge in [0.15, 0.2) is 0 Å². The van der Waals surface area contributed by atoms with Gasteiger partial charge in [-0.15, -0.1) is 0 Å². The third-order valence-electron chi connectivity index (χ3n) is 12.0. The fourth-order valence-corrected chi connectivity index (χ4v) is 8.60. The number of unbranched alkanes of at least 4 members (excludes halogenated alkanes) is 35. The molecule has 0 aromatic carbocycles. The number of amides is 1. The van der Waals surface area contributed by atoms with Crippen LogP contribution in [0.4, 0.5) is 0 Å². The summed E-state index contributed by atoms with van der Waals surface area (Å²) < 4.78 is 23.6. The number of hydrogen-bond acceptors (Lipinski definition) is 5. The van der Waals surface area contributed by atoms with Crippen molar-refractivity contribution in [2.75, 3.05) is 40.9 Å². The van der Waals surface area contributed by atoms with Gasteiger partial charge < -0.3 is 19.8 Å². The van der Waals surface area contributed by atoms with Gasteiger partial charge in [0.05, 0.1) is 39.9 Å². The Bertz CT molecular complexity index is 989.